The number of nitrogens with one attached hydrogen (secondary N) is 1. The van der Waals surface area contributed by atoms with E-state index < -0.39 is 0 Å². The normalized spacial score (nSPS) is 10.6. The molecule has 3 rings (SSSR count). The van der Waals surface area contributed by atoms with Gasteiger partial charge >= 0.3 is 0 Å². The van der Waals surface area contributed by atoms with E-state index in [2.05, 4.69) is 15.3 Å². The number of hydrogen-bond donors (Lipinski definition) is 1. The van der Waals surface area contributed by atoms with Gasteiger partial charge in [-0.2, -0.15) is 0 Å². The molecule has 1 amide bonds. The van der Waals surface area contributed by atoms with E-state index in [-0.39, 0.29) is 5.91 Å². The zero-order valence-corrected chi connectivity index (χ0v) is 13.3. The van der Waals surface area contributed by atoms with Gasteiger partial charge in [-0.1, -0.05) is 30.3 Å². The van der Waals surface area contributed by atoms with Gasteiger partial charge in [0, 0.05) is 11.1 Å². The fourth-order valence-electron chi connectivity index (χ4n) is 2.45. The molecule has 0 bridgehead atoms. The van der Waals surface area contributed by atoms with Crippen LogP contribution in [0, 0.1) is 20.8 Å². The second-order valence-corrected chi connectivity index (χ2v) is 5.33. The number of aryl methyl sites for hydroxylation is 2. The fraction of sp³-hybridized carbons (Fsp3) is 0.167. The quantitative estimate of drug-likeness (QED) is 0.796. The van der Waals surface area contributed by atoms with Crippen molar-refractivity contribution in [3.63, 3.8) is 0 Å². The van der Waals surface area contributed by atoms with Crippen LogP contribution in [0.25, 0.3) is 11.4 Å². The molecule has 1 N–H and O–H groups in total. The van der Waals surface area contributed by atoms with Crippen LogP contribution < -0.4 is 5.32 Å². The second kappa shape index (κ2) is 6.04. The molecule has 5 nitrogen and oxygen atoms in total. The zero-order valence-electron chi connectivity index (χ0n) is 13.3. The summed E-state index contributed by atoms with van der Waals surface area (Å²) in [6, 6.07) is 9.68. The van der Waals surface area contributed by atoms with E-state index >= 15 is 0 Å². The summed E-state index contributed by atoms with van der Waals surface area (Å²) < 4.78 is 5.49. The van der Waals surface area contributed by atoms with Crippen LogP contribution in [0.15, 0.2) is 47.1 Å². The van der Waals surface area contributed by atoms with Crippen molar-refractivity contribution in [3.05, 3.63) is 65.4 Å². The predicted octanol–water partition coefficient (Wildman–Crippen LogP) is 3.91. The van der Waals surface area contributed by atoms with Crippen molar-refractivity contribution in [1.82, 2.24) is 9.97 Å². The molecule has 0 unspecified atom stereocenters. The number of nitrogens with zero attached hydrogens (tertiary/aromatic N) is 2. The first-order chi connectivity index (χ1) is 11.1. The molecule has 2 aromatic heterocycles. The molecule has 0 atom stereocenters. The van der Waals surface area contributed by atoms with Gasteiger partial charge in [-0.3, -0.25) is 4.79 Å². The van der Waals surface area contributed by atoms with Crippen molar-refractivity contribution in [2.45, 2.75) is 20.8 Å². The van der Waals surface area contributed by atoms with E-state index in [4.69, 9.17) is 4.42 Å². The van der Waals surface area contributed by atoms with Crippen molar-refractivity contribution in [2.75, 3.05) is 5.32 Å². The van der Waals surface area contributed by atoms with Gasteiger partial charge in [0.25, 0.3) is 5.91 Å². The molecule has 0 radical (unpaired) electrons. The molecule has 116 valence electrons. The third-order valence-corrected chi connectivity index (χ3v) is 3.73. The largest absolute Gasteiger partial charge is 0.466 e. The molecule has 3 aromatic rings. The number of carbonyl (C=O) groups is 1. The highest BCUT2D eigenvalue weighted by Crippen LogP contribution is 2.22. The minimum absolute atomic E-state index is 0.215. The van der Waals surface area contributed by atoms with Crippen LogP contribution in [-0.4, -0.2) is 15.9 Å². The molecule has 5 heteroatoms. The summed E-state index contributed by atoms with van der Waals surface area (Å²) in [5, 5.41) is 2.81. The lowest BCUT2D eigenvalue weighted by molar-refractivity contribution is 0.102. The molecule has 0 aliphatic heterocycles. The summed E-state index contributed by atoms with van der Waals surface area (Å²) in [4.78, 5) is 21.0. The van der Waals surface area contributed by atoms with Gasteiger partial charge in [-0.25, -0.2) is 9.97 Å². The van der Waals surface area contributed by atoms with Crippen molar-refractivity contribution >= 4 is 11.6 Å². The maximum Gasteiger partial charge on any atom is 0.259 e. The van der Waals surface area contributed by atoms with E-state index in [0.29, 0.717) is 22.8 Å². The molecule has 0 aliphatic rings. The van der Waals surface area contributed by atoms with Gasteiger partial charge in [-0.05, 0) is 20.8 Å². The van der Waals surface area contributed by atoms with Gasteiger partial charge in [-0.15, -0.1) is 0 Å². The Balaban J connectivity index is 1.80. The molecular weight excluding hydrogens is 290 g/mol. The van der Waals surface area contributed by atoms with Crippen LogP contribution >= 0.6 is 0 Å². The first kappa shape index (κ1) is 15.0. The first-order valence-electron chi connectivity index (χ1n) is 7.31. The van der Waals surface area contributed by atoms with Gasteiger partial charge in [0.1, 0.15) is 11.5 Å². The molecule has 0 saturated heterocycles. The van der Waals surface area contributed by atoms with Crippen molar-refractivity contribution in [2.24, 2.45) is 0 Å². The summed E-state index contributed by atoms with van der Waals surface area (Å²) >= 11 is 0. The number of furan rings is 1. The Bertz CT molecular complexity index is 837. The Kier molecular flexibility index (Phi) is 3.93. The molecule has 0 fully saturated rings. The number of rotatable bonds is 3. The van der Waals surface area contributed by atoms with Crippen molar-refractivity contribution < 1.29 is 9.21 Å². The van der Waals surface area contributed by atoms with Crippen LogP contribution in [0.5, 0.6) is 0 Å². The van der Waals surface area contributed by atoms with E-state index in [0.717, 1.165) is 16.9 Å². The Labute approximate surface area is 134 Å². The molecule has 0 saturated carbocycles. The monoisotopic (exact) mass is 307 g/mol. The average Bonchev–Trinajstić information content (AvgIpc) is 2.81. The zero-order chi connectivity index (χ0) is 16.4. The minimum atomic E-state index is -0.215. The molecule has 1 aromatic carbocycles. The van der Waals surface area contributed by atoms with Crippen molar-refractivity contribution in [1.29, 1.82) is 0 Å². The Morgan fingerprint density at radius 3 is 2.22 bits per heavy atom. The highest BCUT2D eigenvalue weighted by atomic mass is 16.3. The fourth-order valence-corrected chi connectivity index (χ4v) is 2.45. The van der Waals surface area contributed by atoms with Gasteiger partial charge in [0.15, 0.2) is 5.82 Å². The lowest BCUT2D eigenvalue weighted by Crippen LogP contribution is -2.14. The predicted molar refractivity (Wildman–Crippen MR) is 88.3 cm³/mol. The standard InChI is InChI=1S/C18H17N3O2/c1-11-12(2)23-13(3)16(11)18(22)21-15-9-19-17(20-10-15)14-7-5-4-6-8-14/h4-10H,1-3H3,(H,21,22). The highest BCUT2D eigenvalue weighted by Gasteiger charge is 2.18. The van der Waals surface area contributed by atoms with Crippen LogP contribution in [0.2, 0.25) is 0 Å². The second-order valence-electron chi connectivity index (χ2n) is 5.33. The molecule has 2 heterocycles. The minimum Gasteiger partial charge on any atom is -0.466 e. The number of carbonyl (C=O) groups excluding carboxylic acids is 1. The summed E-state index contributed by atoms with van der Waals surface area (Å²) in [6.07, 6.45) is 3.20. The van der Waals surface area contributed by atoms with E-state index in [1.54, 1.807) is 19.3 Å². The number of benzene rings is 1. The van der Waals surface area contributed by atoms with Crippen LogP contribution in [0.4, 0.5) is 5.69 Å². The number of hydrogen-bond acceptors (Lipinski definition) is 4. The summed E-state index contributed by atoms with van der Waals surface area (Å²) in [5.74, 6) is 1.77. The van der Waals surface area contributed by atoms with E-state index in [1.807, 2.05) is 44.2 Å². The highest BCUT2D eigenvalue weighted by molar-refractivity contribution is 6.06. The van der Waals surface area contributed by atoms with Crippen LogP contribution in [-0.2, 0) is 0 Å². The Hall–Kier alpha value is -2.95. The molecule has 0 spiro atoms. The molecule has 23 heavy (non-hydrogen) atoms. The van der Waals surface area contributed by atoms with Gasteiger partial charge in [0.2, 0.25) is 0 Å². The molecular formula is C18H17N3O2. The van der Waals surface area contributed by atoms with Gasteiger partial charge in [0.05, 0.1) is 23.6 Å². The molecule has 0 aliphatic carbocycles. The first-order valence-corrected chi connectivity index (χ1v) is 7.31. The maximum absolute atomic E-state index is 12.4. The van der Waals surface area contributed by atoms with E-state index in [9.17, 15) is 4.79 Å². The number of amides is 1. The third-order valence-electron chi connectivity index (χ3n) is 3.73. The van der Waals surface area contributed by atoms with Crippen LogP contribution in [0.3, 0.4) is 0 Å². The van der Waals surface area contributed by atoms with Gasteiger partial charge < -0.3 is 9.73 Å². The smallest absolute Gasteiger partial charge is 0.259 e. The summed E-state index contributed by atoms with van der Waals surface area (Å²) in [7, 11) is 0. The lowest BCUT2D eigenvalue weighted by atomic mass is 10.1. The maximum atomic E-state index is 12.4. The average molecular weight is 307 g/mol. The summed E-state index contributed by atoms with van der Waals surface area (Å²) in [6.45, 7) is 5.50. The third kappa shape index (κ3) is 2.99. The van der Waals surface area contributed by atoms with Crippen LogP contribution in [0.1, 0.15) is 27.4 Å². The number of anilines is 1. The van der Waals surface area contributed by atoms with Crippen molar-refractivity contribution in [3.8, 4) is 11.4 Å². The lowest BCUT2D eigenvalue weighted by Gasteiger charge is -2.06. The Morgan fingerprint density at radius 2 is 1.65 bits per heavy atom. The SMILES string of the molecule is Cc1oc(C)c(C(=O)Nc2cnc(-c3ccccc3)nc2)c1C. The summed E-state index contributed by atoms with van der Waals surface area (Å²) in [5.41, 5.74) is 2.89. The Morgan fingerprint density at radius 1 is 1.00 bits per heavy atom. The number of aromatic nitrogens is 2. The topological polar surface area (TPSA) is 68.0 Å². The van der Waals surface area contributed by atoms with E-state index in [1.165, 1.54) is 0 Å².